The summed E-state index contributed by atoms with van der Waals surface area (Å²) in [5.74, 6) is -0.352. The van der Waals surface area contributed by atoms with E-state index in [1.54, 1.807) is 0 Å². The molecule has 0 aromatic carbocycles. The van der Waals surface area contributed by atoms with Crippen molar-refractivity contribution in [1.29, 1.82) is 0 Å². The van der Waals surface area contributed by atoms with Gasteiger partial charge in [0.1, 0.15) is 5.56 Å². The molecular weight excluding hydrogens is 270 g/mol. The normalized spacial score (nSPS) is 28.7. The molecule has 2 aliphatic carbocycles. The van der Waals surface area contributed by atoms with Crippen molar-refractivity contribution < 1.29 is 19.1 Å². The summed E-state index contributed by atoms with van der Waals surface area (Å²) in [6.45, 7) is 0. The highest BCUT2D eigenvalue weighted by Crippen LogP contribution is 2.40. The highest BCUT2D eigenvalue weighted by molar-refractivity contribution is 6.02. The maximum Gasteiger partial charge on any atom is 0.339 e. The van der Waals surface area contributed by atoms with E-state index in [2.05, 4.69) is 5.32 Å². The average Bonchev–Trinajstić information content (AvgIpc) is 2.97. The number of carboxylic acids is 1. The Labute approximate surface area is 123 Å². The molecule has 5 heteroatoms. The summed E-state index contributed by atoms with van der Waals surface area (Å²) in [6, 6.07) is 1.48. The fourth-order valence-corrected chi connectivity index (χ4v) is 4.01. The topological polar surface area (TPSA) is 79.5 Å². The van der Waals surface area contributed by atoms with E-state index in [1.807, 2.05) is 0 Å². The summed E-state index contributed by atoms with van der Waals surface area (Å²) < 4.78 is 5.07. The van der Waals surface area contributed by atoms with Crippen molar-refractivity contribution in [3.63, 3.8) is 0 Å². The zero-order valence-corrected chi connectivity index (χ0v) is 12.0. The zero-order chi connectivity index (χ0) is 14.8. The van der Waals surface area contributed by atoms with Gasteiger partial charge in [-0.25, -0.2) is 4.79 Å². The predicted molar refractivity (Wildman–Crippen MR) is 76.2 cm³/mol. The third-order valence-electron chi connectivity index (χ3n) is 4.99. The number of fused-ring (bicyclic) bond motifs is 1. The Balaban J connectivity index is 1.71. The molecule has 2 saturated carbocycles. The summed E-state index contributed by atoms with van der Waals surface area (Å²) in [6.07, 6.45) is 9.59. The molecule has 5 nitrogen and oxygen atoms in total. The number of carbonyl (C=O) groups is 2. The quantitative estimate of drug-likeness (QED) is 0.897. The Morgan fingerprint density at radius 1 is 1.14 bits per heavy atom. The molecule has 0 aliphatic heterocycles. The molecule has 0 spiro atoms. The molecule has 1 aromatic rings. The summed E-state index contributed by atoms with van der Waals surface area (Å²) >= 11 is 0. The number of nitrogens with one attached hydrogen (secondary N) is 1. The van der Waals surface area contributed by atoms with E-state index in [9.17, 15) is 9.59 Å². The lowest BCUT2D eigenvalue weighted by Gasteiger charge is -2.41. The van der Waals surface area contributed by atoms with Gasteiger partial charge in [-0.15, -0.1) is 0 Å². The number of hydrogen-bond donors (Lipinski definition) is 2. The molecular formula is C16H21NO4. The highest BCUT2D eigenvalue weighted by atomic mass is 16.4. The zero-order valence-electron chi connectivity index (χ0n) is 12.0. The third-order valence-corrected chi connectivity index (χ3v) is 4.99. The van der Waals surface area contributed by atoms with Gasteiger partial charge in [0.25, 0.3) is 5.91 Å². The molecule has 3 rings (SSSR count). The van der Waals surface area contributed by atoms with Gasteiger partial charge in [0.05, 0.1) is 6.26 Å². The molecule has 114 valence electrons. The van der Waals surface area contributed by atoms with Gasteiger partial charge in [0.2, 0.25) is 5.76 Å². The van der Waals surface area contributed by atoms with Crippen molar-refractivity contribution in [1.82, 2.24) is 5.32 Å². The number of carbonyl (C=O) groups excluding carboxylic acids is 1. The van der Waals surface area contributed by atoms with Crippen LogP contribution >= 0.6 is 0 Å². The highest BCUT2D eigenvalue weighted by Gasteiger charge is 2.36. The third kappa shape index (κ3) is 2.82. The number of carboxylic acid groups (broad SMARTS) is 1. The lowest BCUT2D eigenvalue weighted by atomic mass is 9.68. The molecule has 2 N–H and O–H groups in total. The first-order valence-corrected chi connectivity index (χ1v) is 7.78. The minimum atomic E-state index is -1.13. The number of amides is 1. The van der Waals surface area contributed by atoms with Gasteiger partial charge < -0.3 is 14.8 Å². The van der Waals surface area contributed by atoms with E-state index in [1.165, 1.54) is 44.4 Å². The Kier molecular flexibility index (Phi) is 3.99. The minimum absolute atomic E-state index is 0.0662. The molecule has 0 saturated heterocycles. The molecule has 3 atom stereocenters. The number of hydrogen-bond acceptors (Lipinski definition) is 3. The van der Waals surface area contributed by atoms with E-state index in [-0.39, 0.29) is 17.4 Å². The van der Waals surface area contributed by atoms with Crippen molar-refractivity contribution in [3.8, 4) is 0 Å². The molecule has 0 unspecified atom stereocenters. The van der Waals surface area contributed by atoms with Crippen LogP contribution < -0.4 is 5.32 Å². The lowest BCUT2D eigenvalue weighted by Crippen LogP contribution is -2.46. The van der Waals surface area contributed by atoms with E-state index in [4.69, 9.17) is 9.52 Å². The molecule has 0 radical (unpaired) electrons. The summed E-state index contributed by atoms with van der Waals surface area (Å²) in [5.41, 5.74) is -0.0662. The van der Waals surface area contributed by atoms with Crippen LogP contribution in [0.25, 0.3) is 0 Å². The summed E-state index contributed by atoms with van der Waals surface area (Å²) in [7, 11) is 0. The van der Waals surface area contributed by atoms with Crippen molar-refractivity contribution in [2.75, 3.05) is 0 Å². The SMILES string of the molecule is O=C(O)c1ccoc1C(=O)N[C@@H]1CCC[C@H]2CCCC[C@H]21. The second-order valence-electron chi connectivity index (χ2n) is 6.19. The van der Waals surface area contributed by atoms with E-state index in [0.29, 0.717) is 11.8 Å². The van der Waals surface area contributed by atoms with Crippen LogP contribution in [-0.4, -0.2) is 23.0 Å². The molecule has 21 heavy (non-hydrogen) atoms. The number of rotatable bonds is 3. The van der Waals surface area contributed by atoms with Crippen molar-refractivity contribution in [2.24, 2.45) is 11.8 Å². The number of furan rings is 1. The van der Waals surface area contributed by atoms with E-state index in [0.717, 1.165) is 12.8 Å². The van der Waals surface area contributed by atoms with Crippen LogP contribution in [0.1, 0.15) is 65.9 Å². The monoisotopic (exact) mass is 291 g/mol. The van der Waals surface area contributed by atoms with Gasteiger partial charge in [0.15, 0.2) is 0 Å². The first-order valence-electron chi connectivity index (χ1n) is 7.78. The van der Waals surface area contributed by atoms with Crippen LogP contribution in [0, 0.1) is 11.8 Å². The van der Waals surface area contributed by atoms with E-state index < -0.39 is 11.9 Å². The minimum Gasteiger partial charge on any atom is -0.478 e. The molecule has 2 fully saturated rings. The Morgan fingerprint density at radius 2 is 1.90 bits per heavy atom. The first-order chi connectivity index (χ1) is 10.2. The van der Waals surface area contributed by atoms with Gasteiger partial charge in [-0.2, -0.15) is 0 Å². The molecule has 1 aromatic heterocycles. The molecule has 2 aliphatic rings. The maximum absolute atomic E-state index is 12.3. The fraction of sp³-hybridized carbons (Fsp3) is 0.625. The van der Waals surface area contributed by atoms with Gasteiger partial charge in [-0.1, -0.05) is 32.1 Å². The predicted octanol–water partition coefficient (Wildman–Crippen LogP) is 3.07. The largest absolute Gasteiger partial charge is 0.478 e. The van der Waals surface area contributed by atoms with Gasteiger partial charge in [-0.3, -0.25) is 4.79 Å². The molecule has 1 amide bonds. The van der Waals surface area contributed by atoms with Crippen LogP contribution in [0.4, 0.5) is 0 Å². The summed E-state index contributed by atoms with van der Waals surface area (Å²) in [5, 5.41) is 12.1. The van der Waals surface area contributed by atoms with E-state index >= 15 is 0 Å². The smallest absolute Gasteiger partial charge is 0.339 e. The van der Waals surface area contributed by atoms with Gasteiger partial charge >= 0.3 is 5.97 Å². The first kappa shape index (κ1) is 14.2. The van der Waals surface area contributed by atoms with Crippen LogP contribution in [0.3, 0.4) is 0 Å². The van der Waals surface area contributed by atoms with Crippen molar-refractivity contribution in [2.45, 2.75) is 51.0 Å². The second-order valence-corrected chi connectivity index (χ2v) is 6.19. The van der Waals surface area contributed by atoms with Gasteiger partial charge in [-0.05, 0) is 30.7 Å². The fourth-order valence-electron chi connectivity index (χ4n) is 4.01. The van der Waals surface area contributed by atoms with Crippen LogP contribution in [0.2, 0.25) is 0 Å². The van der Waals surface area contributed by atoms with Crippen LogP contribution in [-0.2, 0) is 0 Å². The Morgan fingerprint density at radius 3 is 2.71 bits per heavy atom. The van der Waals surface area contributed by atoms with Crippen molar-refractivity contribution >= 4 is 11.9 Å². The molecule has 1 heterocycles. The summed E-state index contributed by atoms with van der Waals surface area (Å²) in [4.78, 5) is 23.4. The lowest BCUT2D eigenvalue weighted by molar-refractivity contribution is 0.0680. The van der Waals surface area contributed by atoms with Gasteiger partial charge in [0, 0.05) is 6.04 Å². The Bertz CT molecular complexity index is 534. The molecule has 0 bridgehead atoms. The van der Waals surface area contributed by atoms with Crippen molar-refractivity contribution in [3.05, 3.63) is 23.7 Å². The second kappa shape index (κ2) is 5.92. The average molecular weight is 291 g/mol. The van der Waals surface area contributed by atoms with Crippen LogP contribution in [0.15, 0.2) is 16.7 Å². The maximum atomic E-state index is 12.3. The standard InChI is InChI=1S/C16H21NO4/c18-15(14-12(16(19)20)8-9-21-14)17-13-7-3-5-10-4-1-2-6-11(10)13/h8-11,13H,1-7H2,(H,17,18)(H,19,20)/t10-,11-,13-/m1/s1. The Hall–Kier alpha value is -1.78. The number of aromatic carboxylic acids is 1. The van der Waals surface area contributed by atoms with Crippen LogP contribution in [0.5, 0.6) is 0 Å².